The third kappa shape index (κ3) is 5.62. The highest BCUT2D eigenvalue weighted by Crippen LogP contribution is 2.44. The van der Waals surface area contributed by atoms with Crippen LogP contribution in [0, 0.1) is 5.82 Å². The molecule has 4 aromatic rings. The predicted octanol–water partition coefficient (Wildman–Crippen LogP) is 6.10. The number of nitrogens with one attached hydrogen (secondary N) is 2. The molecule has 0 saturated heterocycles. The molecule has 202 valence electrons. The van der Waals surface area contributed by atoms with Gasteiger partial charge in [0.25, 0.3) is 11.8 Å². The number of nitrogen functional groups attached to an aromatic ring is 1. The third-order valence-electron chi connectivity index (χ3n) is 5.81. The Morgan fingerprint density at radius 1 is 1.13 bits per heavy atom. The summed E-state index contributed by atoms with van der Waals surface area (Å²) in [7, 11) is 1.74. The van der Waals surface area contributed by atoms with E-state index in [2.05, 4.69) is 32.8 Å². The van der Waals surface area contributed by atoms with E-state index in [0.29, 0.717) is 37.9 Å². The smallest absolute Gasteiger partial charge is 0.383 e. The number of nitrogens with zero attached hydrogens (tertiary/aromatic N) is 2. The molecule has 0 bridgehead atoms. The maximum atomic E-state index is 15.1. The van der Waals surface area contributed by atoms with Crippen molar-refractivity contribution in [1.82, 2.24) is 14.9 Å². The third-order valence-corrected chi connectivity index (χ3v) is 6.39. The zero-order chi connectivity index (χ0) is 28.6. The molecule has 4 N–H and O–H groups in total. The van der Waals surface area contributed by atoms with Crippen molar-refractivity contribution in [3.05, 3.63) is 76.9 Å². The Morgan fingerprint density at radius 2 is 1.77 bits per heavy atom. The molecule has 0 aliphatic rings. The molecular formula is C26H19BrF5N5O2. The standard InChI is InChI=1S/C26H19BrF5N5O2/c1-12(28)24(38)36-15-6-3-13(4-7-15)21-19(20-22(37(21)2)17(27)10-34-23(20)33)14-5-8-16(18(29)9-14)25(39)35-11-26(30,31)32/h3-10H,1,11H2,2H3,(H2,33,34)(H,35,39)(H,36,38). The SMILES string of the molecule is C=C(F)C(=O)Nc1ccc(-c2c(-c3ccc(C(=O)NCC(F)(F)F)c(F)c3)c3c(N)ncc(Br)c3n2C)cc1. The Labute approximate surface area is 226 Å². The van der Waals surface area contributed by atoms with Crippen molar-refractivity contribution in [3.8, 4) is 22.4 Å². The number of hydrogen-bond donors (Lipinski definition) is 3. The Hall–Kier alpha value is -4.26. The molecule has 0 fully saturated rings. The van der Waals surface area contributed by atoms with Crippen LogP contribution in [0.5, 0.6) is 0 Å². The number of hydrogen-bond acceptors (Lipinski definition) is 4. The Bertz CT molecular complexity index is 1630. The topological polar surface area (TPSA) is 102 Å². The minimum Gasteiger partial charge on any atom is -0.383 e. The molecule has 0 radical (unpaired) electrons. The van der Waals surface area contributed by atoms with Gasteiger partial charge in [-0.2, -0.15) is 13.2 Å². The van der Waals surface area contributed by atoms with Gasteiger partial charge in [-0.05, 0) is 51.3 Å². The van der Waals surface area contributed by atoms with Crippen LogP contribution in [0.2, 0.25) is 0 Å². The molecule has 2 amide bonds. The summed E-state index contributed by atoms with van der Waals surface area (Å²) in [5.74, 6) is -4.28. The molecule has 39 heavy (non-hydrogen) atoms. The highest BCUT2D eigenvalue weighted by molar-refractivity contribution is 9.10. The van der Waals surface area contributed by atoms with Crippen LogP contribution in [-0.4, -0.2) is 34.1 Å². The van der Waals surface area contributed by atoms with Crippen LogP contribution in [0.3, 0.4) is 0 Å². The van der Waals surface area contributed by atoms with Crippen molar-refractivity contribution in [3.63, 3.8) is 0 Å². The van der Waals surface area contributed by atoms with Gasteiger partial charge in [-0.15, -0.1) is 0 Å². The normalized spacial score (nSPS) is 11.5. The molecule has 0 atom stereocenters. The Kier molecular flexibility index (Phi) is 7.46. The highest BCUT2D eigenvalue weighted by atomic mass is 79.9. The molecular weight excluding hydrogens is 589 g/mol. The lowest BCUT2D eigenvalue weighted by molar-refractivity contribution is -0.123. The number of aromatic nitrogens is 2. The van der Waals surface area contributed by atoms with Crippen LogP contribution in [0.4, 0.5) is 33.5 Å². The zero-order valence-electron chi connectivity index (χ0n) is 20.1. The predicted molar refractivity (Wildman–Crippen MR) is 141 cm³/mol. The van der Waals surface area contributed by atoms with Crippen molar-refractivity contribution in [2.75, 3.05) is 17.6 Å². The average Bonchev–Trinajstić information content (AvgIpc) is 3.18. The van der Waals surface area contributed by atoms with E-state index in [9.17, 15) is 27.2 Å². The molecule has 7 nitrogen and oxygen atoms in total. The number of anilines is 2. The minimum atomic E-state index is -4.65. The van der Waals surface area contributed by atoms with Crippen LogP contribution in [0.15, 0.2) is 65.5 Å². The number of alkyl halides is 3. The van der Waals surface area contributed by atoms with Gasteiger partial charge in [-0.3, -0.25) is 9.59 Å². The van der Waals surface area contributed by atoms with E-state index in [4.69, 9.17) is 5.73 Å². The minimum absolute atomic E-state index is 0.128. The lowest BCUT2D eigenvalue weighted by Gasteiger charge is -2.12. The van der Waals surface area contributed by atoms with Crippen LogP contribution in [0.1, 0.15) is 10.4 Å². The second-order valence-corrected chi connectivity index (χ2v) is 9.28. The molecule has 2 aromatic heterocycles. The van der Waals surface area contributed by atoms with Crippen molar-refractivity contribution in [1.29, 1.82) is 0 Å². The number of amides is 2. The monoisotopic (exact) mass is 607 g/mol. The number of carbonyl (C=O) groups excluding carboxylic acids is 2. The summed E-state index contributed by atoms with van der Waals surface area (Å²) in [6, 6.07) is 9.85. The van der Waals surface area contributed by atoms with E-state index in [1.54, 1.807) is 29.1 Å². The average molecular weight is 608 g/mol. The summed E-state index contributed by atoms with van der Waals surface area (Å²) in [5, 5.41) is 4.46. The Morgan fingerprint density at radius 3 is 2.36 bits per heavy atom. The highest BCUT2D eigenvalue weighted by Gasteiger charge is 2.29. The molecule has 0 spiro atoms. The van der Waals surface area contributed by atoms with Gasteiger partial charge >= 0.3 is 6.18 Å². The van der Waals surface area contributed by atoms with Crippen LogP contribution in [-0.2, 0) is 11.8 Å². The number of nitrogens with two attached hydrogens (primary N) is 1. The van der Waals surface area contributed by atoms with E-state index in [1.807, 2.05) is 0 Å². The first-order chi connectivity index (χ1) is 18.3. The van der Waals surface area contributed by atoms with E-state index in [1.165, 1.54) is 24.4 Å². The fraction of sp³-hybridized carbons (Fsp3) is 0.115. The number of pyridine rings is 1. The number of fused-ring (bicyclic) bond motifs is 1. The maximum Gasteiger partial charge on any atom is 0.405 e. The quantitative estimate of drug-likeness (QED) is 0.182. The summed E-state index contributed by atoms with van der Waals surface area (Å²) < 4.78 is 68.0. The second kappa shape index (κ2) is 10.5. The molecule has 0 unspecified atom stereocenters. The van der Waals surface area contributed by atoms with Gasteiger partial charge in [0.1, 0.15) is 18.2 Å². The van der Waals surface area contributed by atoms with E-state index in [0.717, 1.165) is 12.1 Å². The lowest BCUT2D eigenvalue weighted by Crippen LogP contribution is -2.34. The molecule has 2 heterocycles. The summed E-state index contributed by atoms with van der Waals surface area (Å²) in [4.78, 5) is 28.0. The Balaban J connectivity index is 1.86. The van der Waals surface area contributed by atoms with Crippen molar-refractivity contribution < 1.29 is 31.5 Å². The first kappa shape index (κ1) is 27.8. The first-order valence-electron chi connectivity index (χ1n) is 11.1. The first-order valence-corrected chi connectivity index (χ1v) is 11.9. The maximum absolute atomic E-state index is 15.1. The summed E-state index contributed by atoms with van der Waals surface area (Å²) in [6.45, 7) is 1.34. The zero-order valence-corrected chi connectivity index (χ0v) is 21.7. The van der Waals surface area contributed by atoms with Gasteiger partial charge < -0.3 is 20.9 Å². The van der Waals surface area contributed by atoms with Gasteiger partial charge in [0.05, 0.1) is 26.6 Å². The number of benzene rings is 2. The van der Waals surface area contributed by atoms with Crippen LogP contribution in [0.25, 0.3) is 33.3 Å². The van der Waals surface area contributed by atoms with Crippen LogP contribution >= 0.6 is 15.9 Å². The fourth-order valence-corrected chi connectivity index (χ4v) is 4.69. The number of carbonyl (C=O) groups is 2. The number of aryl methyl sites for hydroxylation is 1. The summed E-state index contributed by atoms with van der Waals surface area (Å²) >= 11 is 3.46. The van der Waals surface area contributed by atoms with E-state index < -0.39 is 41.7 Å². The van der Waals surface area contributed by atoms with Gasteiger partial charge in [0.15, 0.2) is 5.83 Å². The molecule has 4 rings (SSSR count). The molecule has 13 heteroatoms. The van der Waals surface area contributed by atoms with Crippen molar-refractivity contribution in [2.24, 2.45) is 7.05 Å². The number of rotatable bonds is 6. The molecule has 2 aromatic carbocycles. The molecule has 0 aliphatic carbocycles. The van der Waals surface area contributed by atoms with Gasteiger partial charge in [0.2, 0.25) is 0 Å². The van der Waals surface area contributed by atoms with E-state index in [-0.39, 0.29) is 11.4 Å². The van der Waals surface area contributed by atoms with Crippen LogP contribution < -0.4 is 16.4 Å². The van der Waals surface area contributed by atoms with Crippen molar-refractivity contribution >= 4 is 50.2 Å². The van der Waals surface area contributed by atoms with Crippen molar-refractivity contribution in [2.45, 2.75) is 6.18 Å². The summed E-state index contributed by atoms with van der Waals surface area (Å²) in [5.41, 5.74) is 8.44. The molecule has 0 saturated carbocycles. The summed E-state index contributed by atoms with van der Waals surface area (Å²) in [6.07, 6.45) is -3.15. The van der Waals surface area contributed by atoms with Gasteiger partial charge in [-0.1, -0.05) is 24.8 Å². The molecule has 0 aliphatic heterocycles. The fourth-order valence-electron chi connectivity index (χ4n) is 4.12. The van der Waals surface area contributed by atoms with Gasteiger partial charge in [0, 0.05) is 24.5 Å². The van der Waals surface area contributed by atoms with E-state index >= 15 is 4.39 Å². The lowest BCUT2D eigenvalue weighted by atomic mass is 9.97. The number of halogens is 6. The van der Waals surface area contributed by atoms with Gasteiger partial charge in [-0.25, -0.2) is 13.8 Å². The second-order valence-electron chi connectivity index (χ2n) is 8.43. The largest absolute Gasteiger partial charge is 0.405 e.